The Morgan fingerprint density at radius 1 is 1.22 bits per heavy atom. The molecule has 128 valence electrons. The summed E-state index contributed by atoms with van der Waals surface area (Å²) in [6.45, 7) is 1.62. The first-order chi connectivity index (χ1) is 10.6. The number of hydrogen-bond acceptors (Lipinski definition) is 3. The SMILES string of the molecule is CNCC(=O)N1CCC(NC(=O)Nc2ccc(F)cc2)CC1.Cl. The number of urea groups is 1. The molecule has 1 fully saturated rings. The van der Waals surface area contributed by atoms with Gasteiger partial charge in [-0.15, -0.1) is 12.4 Å². The molecule has 0 atom stereocenters. The van der Waals surface area contributed by atoms with Gasteiger partial charge in [0, 0.05) is 24.8 Å². The van der Waals surface area contributed by atoms with Crippen molar-refractivity contribution in [2.75, 3.05) is 32.0 Å². The van der Waals surface area contributed by atoms with Gasteiger partial charge >= 0.3 is 6.03 Å². The van der Waals surface area contributed by atoms with Crippen LogP contribution in [0.1, 0.15) is 12.8 Å². The molecular weight excluding hydrogens is 323 g/mol. The van der Waals surface area contributed by atoms with Crippen LogP contribution >= 0.6 is 12.4 Å². The average Bonchev–Trinajstić information content (AvgIpc) is 2.50. The fourth-order valence-corrected chi connectivity index (χ4v) is 2.42. The highest BCUT2D eigenvalue weighted by Gasteiger charge is 2.23. The van der Waals surface area contributed by atoms with Crippen LogP contribution in [0.3, 0.4) is 0 Å². The van der Waals surface area contributed by atoms with Crippen LogP contribution in [0.2, 0.25) is 0 Å². The number of amides is 3. The molecule has 2 rings (SSSR count). The van der Waals surface area contributed by atoms with Gasteiger partial charge in [-0.3, -0.25) is 4.79 Å². The minimum Gasteiger partial charge on any atom is -0.341 e. The van der Waals surface area contributed by atoms with Gasteiger partial charge in [0.2, 0.25) is 5.91 Å². The number of anilines is 1. The summed E-state index contributed by atoms with van der Waals surface area (Å²) in [5, 5.41) is 8.38. The second-order valence-electron chi connectivity index (χ2n) is 5.29. The molecule has 0 unspecified atom stereocenters. The Bertz CT molecular complexity index is 519. The number of nitrogens with zero attached hydrogens (tertiary/aromatic N) is 1. The van der Waals surface area contributed by atoms with E-state index in [1.54, 1.807) is 11.9 Å². The zero-order valence-corrected chi connectivity index (χ0v) is 13.8. The largest absolute Gasteiger partial charge is 0.341 e. The zero-order chi connectivity index (χ0) is 15.9. The van der Waals surface area contributed by atoms with E-state index in [2.05, 4.69) is 16.0 Å². The first-order valence-electron chi connectivity index (χ1n) is 7.34. The Morgan fingerprint density at radius 2 is 1.83 bits per heavy atom. The molecule has 23 heavy (non-hydrogen) atoms. The number of halogens is 2. The summed E-state index contributed by atoms with van der Waals surface area (Å²) in [4.78, 5) is 25.4. The molecule has 0 aromatic heterocycles. The highest BCUT2D eigenvalue weighted by Crippen LogP contribution is 2.12. The molecular formula is C15H22ClFN4O2. The Balaban J connectivity index is 0.00000264. The fraction of sp³-hybridized carbons (Fsp3) is 0.467. The normalized spacial score (nSPS) is 14.8. The van der Waals surface area contributed by atoms with Crippen molar-refractivity contribution in [1.29, 1.82) is 0 Å². The lowest BCUT2D eigenvalue weighted by Gasteiger charge is -2.32. The number of benzene rings is 1. The van der Waals surface area contributed by atoms with Crippen molar-refractivity contribution in [1.82, 2.24) is 15.5 Å². The molecule has 0 saturated carbocycles. The smallest absolute Gasteiger partial charge is 0.319 e. The first kappa shape index (κ1) is 19.2. The van der Waals surface area contributed by atoms with Crippen molar-refractivity contribution in [3.8, 4) is 0 Å². The van der Waals surface area contributed by atoms with Crippen molar-refractivity contribution in [2.45, 2.75) is 18.9 Å². The summed E-state index contributed by atoms with van der Waals surface area (Å²) < 4.78 is 12.8. The lowest BCUT2D eigenvalue weighted by Crippen LogP contribution is -2.49. The molecule has 0 bridgehead atoms. The van der Waals surface area contributed by atoms with E-state index in [0.29, 0.717) is 25.3 Å². The predicted octanol–water partition coefficient (Wildman–Crippen LogP) is 1.58. The maximum atomic E-state index is 12.8. The van der Waals surface area contributed by atoms with Gasteiger partial charge in [-0.2, -0.15) is 0 Å². The minimum absolute atomic E-state index is 0. The molecule has 3 N–H and O–H groups in total. The van der Waals surface area contributed by atoms with Crippen LogP contribution in [-0.2, 0) is 4.79 Å². The molecule has 1 saturated heterocycles. The van der Waals surface area contributed by atoms with Crippen molar-refractivity contribution < 1.29 is 14.0 Å². The standard InChI is InChI=1S/C15H21FN4O2.ClH/c1-17-10-14(21)20-8-6-13(7-9-20)19-15(22)18-12-4-2-11(16)3-5-12;/h2-5,13,17H,6-10H2,1H3,(H2,18,19,22);1H. The van der Waals surface area contributed by atoms with Crippen LogP contribution in [0.25, 0.3) is 0 Å². The second-order valence-corrected chi connectivity index (χ2v) is 5.29. The topological polar surface area (TPSA) is 73.5 Å². The number of carbonyl (C=O) groups is 2. The molecule has 3 amide bonds. The molecule has 6 nitrogen and oxygen atoms in total. The van der Waals surface area contributed by atoms with Crippen LogP contribution in [0.5, 0.6) is 0 Å². The van der Waals surface area contributed by atoms with Crippen LogP contribution in [0, 0.1) is 5.82 Å². The summed E-state index contributed by atoms with van der Waals surface area (Å²) in [5.41, 5.74) is 0.542. The van der Waals surface area contributed by atoms with Gasteiger partial charge in [0.05, 0.1) is 6.54 Å². The zero-order valence-electron chi connectivity index (χ0n) is 13.0. The Labute approximate surface area is 141 Å². The Hall–Kier alpha value is -1.86. The van der Waals surface area contributed by atoms with Crippen LogP contribution in [0.4, 0.5) is 14.9 Å². The third kappa shape index (κ3) is 6.03. The number of piperidine rings is 1. The van der Waals surface area contributed by atoms with E-state index in [0.717, 1.165) is 12.8 Å². The third-order valence-corrected chi connectivity index (χ3v) is 3.61. The molecule has 1 aromatic rings. The van der Waals surface area contributed by atoms with Gasteiger partial charge in [0.15, 0.2) is 0 Å². The lowest BCUT2D eigenvalue weighted by atomic mass is 10.1. The van der Waals surface area contributed by atoms with Gasteiger partial charge in [-0.25, -0.2) is 9.18 Å². The lowest BCUT2D eigenvalue weighted by molar-refractivity contribution is -0.131. The van der Waals surface area contributed by atoms with Gasteiger partial charge in [0.1, 0.15) is 5.82 Å². The van der Waals surface area contributed by atoms with E-state index >= 15 is 0 Å². The second kappa shape index (κ2) is 9.32. The molecule has 1 heterocycles. The summed E-state index contributed by atoms with van der Waals surface area (Å²) in [6.07, 6.45) is 1.46. The summed E-state index contributed by atoms with van der Waals surface area (Å²) in [7, 11) is 1.74. The van der Waals surface area contributed by atoms with Gasteiger partial charge in [0.25, 0.3) is 0 Å². The number of likely N-dealkylation sites (N-methyl/N-ethyl adjacent to an activating group) is 1. The van der Waals surface area contributed by atoms with E-state index < -0.39 is 0 Å². The number of nitrogens with one attached hydrogen (secondary N) is 3. The van der Waals surface area contributed by atoms with Crippen molar-refractivity contribution in [3.05, 3.63) is 30.1 Å². The summed E-state index contributed by atoms with van der Waals surface area (Å²) in [5.74, 6) is -0.263. The third-order valence-electron chi connectivity index (χ3n) is 3.61. The molecule has 0 radical (unpaired) electrons. The predicted molar refractivity (Wildman–Crippen MR) is 89.3 cm³/mol. The maximum absolute atomic E-state index is 12.8. The van der Waals surface area contributed by atoms with Gasteiger partial charge in [-0.1, -0.05) is 0 Å². The maximum Gasteiger partial charge on any atom is 0.319 e. The van der Waals surface area contributed by atoms with E-state index in [1.807, 2.05) is 0 Å². The summed E-state index contributed by atoms with van der Waals surface area (Å²) in [6, 6.07) is 5.33. The number of carbonyl (C=O) groups excluding carboxylic acids is 2. The van der Waals surface area contributed by atoms with Gasteiger partial charge in [-0.05, 0) is 44.2 Å². The molecule has 1 aliphatic rings. The first-order valence-corrected chi connectivity index (χ1v) is 7.34. The quantitative estimate of drug-likeness (QED) is 0.776. The molecule has 0 aliphatic carbocycles. The summed E-state index contributed by atoms with van der Waals surface area (Å²) >= 11 is 0. The van der Waals surface area contributed by atoms with E-state index in [1.165, 1.54) is 24.3 Å². The van der Waals surface area contributed by atoms with Crippen LogP contribution < -0.4 is 16.0 Å². The number of rotatable bonds is 4. The fourth-order valence-electron chi connectivity index (χ4n) is 2.42. The van der Waals surface area contributed by atoms with E-state index in [-0.39, 0.29) is 36.2 Å². The van der Waals surface area contributed by atoms with Crippen LogP contribution in [0.15, 0.2) is 24.3 Å². The molecule has 0 spiro atoms. The Morgan fingerprint density at radius 3 is 2.39 bits per heavy atom. The molecule has 8 heteroatoms. The van der Waals surface area contributed by atoms with Crippen molar-refractivity contribution >= 4 is 30.0 Å². The van der Waals surface area contributed by atoms with E-state index in [9.17, 15) is 14.0 Å². The number of hydrogen-bond donors (Lipinski definition) is 3. The van der Waals surface area contributed by atoms with Gasteiger partial charge < -0.3 is 20.9 Å². The highest BCUT2D eigenvalue weighted by atomic mass is 35.5. The highest BCUT2D eigenvalue weighted by molar-refractivity contribution is 5.89. The van der Waals surface area contributed by atoms with E-state index in [4.69, 9.17) is 0 Å². The molecule has 1 aliphatic heterocycles. The monoisotopic (exact) mass is 344 g/mol. The Kier molecular flexibility index (Phi) is 7.77. The average molecular weight is 345 g/mol. The van der Waals surface area contributed by atoms with Crippen molar-refractivity contribution in [2.24, 2.45) is 0 Å². The van der Waals surface area contributed by atoms with Crippen molar-refractivity contribution in [3.63, 3.8) is 0 Å². The number of likely N-dealkylation sites (tertiary alicyclic amines) is 1. The molecule has 1 aromatic carbocycles. The van der Waals surface area contributed by atoms with Crippen LogP contribution in [-0.4, -0.2) is 49.6 Å². The minimum atomic E-state index is -0.343.